The fraction of sp³-hybridized carbons (Fsp3) is 0.417. The molecule has 0 saturated carbocycles. The van der Waals surface area contributed by atoms with Gasteiger partial charge in [0.2, 0.25) is 0 Å². The van der Waals surface area contributed by atoms with E-state index in [1.807, 2.05) is 6.07 Å². The predicted octanol–water partition coefficient (Wildman–Crippen LogP) is 3.14. The molecule has 1 saturated heterocycles. The Hall–Kier alpha value is -1.03. The number of nitrogens with zero attached hydrogens (tertiary/aromatic N) is 1. The zero-order valence-electron chi connectivity index (χ0n) is 9.11. The zero-order chi connectivity index (χ0) is 11.7. The molecule has 0 spiro atoms. The lowest BCUT2D eigenvalue weighted by Gasteiger charge is -2.26. The number of rotatable bonds is 2. The smallest absolute Gasteiger partial charge is 0.337 e. The molecule has 1 aliphatic heterocycles. The molecule has 1 N–H and O–H groups in total. The van der Waals surface area contributed by atoms with E-state index in [-0.39, 0.29) is 0 Å². The fourth-order valence-corrected chi connectivity index (χ4v) is 2.84. The molecular formula is C12H14BrNO2. The molecule has 1 atom stereocenters. The lowest BCUT2D eigenvalue weighted by Crippen LogP contribution is -2.28. The van der Waals surface area contributed by atoms with Crippen LogP contribution in [0.1, 0.15) is 30.1 Å². The number of para-hydroxylation sites is 1. The molecule has 0 amide bonds. The van der Waals surface area contributed by atoms with Gasteiger partial charge < -0.3 is 10.0 Å². The Bertz CT molecular complexity index is 419. The van der Waals surface area contributed by atoms with E-state index in [0.717, 1.165) is 29.5 Å². The number of hydrogen-bond donors (Lipinski definition) is 1. The monoisotopic (exact) mass is 283 g/mol. The Morgan fingerprint density at radius 1 is 1.56 bits per heavy atom. The van der Waals surface area contributed by atoms with Gasteiger partial charge in [0.15, 0.2) is 0 Å². The lowest BCUT2D eigenvalue weighted by atomic mass is 10.1. The van der Waals surface area contributed by atoms with Gasteiger partial charge in [0.1, 0.15) is 0 Å². The average molecular weight is 284 g/mol. The Balaban J connectivity index is 2.49. The van der Waals surface area contributed by atoms with Crippen molar-refractivity contribution in [3.8, 4) is 0 Å². The maximum absolute atomic E-state index is 11.2. The van der Waals surface area contributed by atoms with Crippen LogP contribution >= 0.6 is 15.9 Å². The lowest BCUT2D eigenvalue weighted by molar-refractivity contribution is 0.0697. The van der Waals surface area contributed by atoms with Gasteiger partial charge in [0.25, 0.3) is 0 Å². The maximum atomic E-state index is 11.2. The molecule has 0 bridgehead atoms. The molecule has 86 valence electrons. The normalized spacial score (nSPS) is 20.1. The molecule has 0 aromatic heterocycles. The first-order valence-electron chi connectivity index (χ1n) is 5.39. The Morgan fingerprint density at radius 3 is 2.88 bits per heavy atom. The first-order chi connectivity index (χ1) is 7.61. The Morgan fingerprint density at radius 2 is 2.31 bits per heavy atom. The summed E-state index contributed by atoms with van der Waals surface area (Å²) < 4.78 is 0.862. The van der Waals surface area contributed by atoms with Crippen LogP contribution in [-0.2, 0) is 0 Å². The molecule has 16 heavy (non-hydrogen) atoms. The summed E-state index contributed by atoms with van der Waals surface area (Å²) in [6.45, 7) is 3.07. The highest BCUT2D eigenvalue weighted by atomic mass is 79.9. The SMILES string of the molecule is CC1CCCN1c1c(Br)cccc1C(=O)O. The van der Waals surface area contributed by atoms with E-state index in [0.29, 0.717) is 11.6 Å². The molecular weight excluding hydrogens is 270 g/mol. The van der Waals surface area contributed by atoms with Gasteiger partial charge in [0.05, 0.1) is 11.3 Å². The third-order valence-electron chi connectivity index (χ3n) is 3.06. The highest BCUT2D eigenvalue weighted by Crippen LogP contribution is 2.35. The summed E-state index contributed by atoms with van der Waals surface area (Å²) in [5.41, 5.74) is 1.20. The summed E-state index contributed by atoms with van der Waals surface area (Å²) in [6, 6.07) is 5.73. The second-order valence-electron chi connectivity index (χ2n) is 4.13. The largest absolute Gasteiger partial charge is 0.478 e. The van der Waals surface area contributed by atoms with Crippen molar-refractivity contribution in [2.75, 3.05) is 11.4 Å². The second kappa shape index (κ2) is 4.45. The van der Waals surface area contributed by atoms with Crippen LogP contribution in [0.25, 0.3) is 0 Å². The van der Waals surface area contributed by atoms with Crippen LogP contribution in [0.2, 0.25) is 0 Å². The van der Waals surface area contributed by atoms with Crippen LogP contribution < -0.4 is 4.90 Å². The molecule has 1 aromatic carbocycles. The van der Waals surface area contributed by atoms with E-state index in [2.05, 4.69) is 27.8 Å². The Labute approximate surface area is 103 Å². The molecule has 0 aliphatic carbocycles. The number of halogens is 1. The van der Waals surface area contributed by atoms with Gasteiger partial charge in [-0.2, -0.15) is 0 Å². The van der Waals surface area contributed by atoms with E-state index < -0.39 is 5.97 Å². The fourth-order valence-electron chi connectivity index (χ4n) is 2.25. The molecule has 0 radical (unpaired) electrons. The quantitative estimate of drug-likeness (QED) is 0.907. The van der Waals surface area contributed by atoms with Gasteiger partial charge in [-0.05, 0) is 47.8 Å². The highest BCUT2D eigenvalue weighted by Gasteiger charge is 2.26. The predicted molar refractivity (Wildman–Crippen MR) is 67.1 cm³/mol. The van der Waals surface area contributed by atoms with E-state index in [9.17, 15) is 9.90 Å². The average Bonchev–Trinajstić information content (AvgIpc) is 2.64. The third kappa shape index (κ3) is 1.94. The van der Waals surface area contributed by atoms with Crippen molar-refractivity contribution < 1.29 is 9.90 Å². The highest BCUT2D eigenvalue weighted by molar-refractivity contribution is 9.10. The molecule has 2 rings (SSSR count). The molecule has 3 nitrogen and oxygen atoms in total. The van der Waals surface area contributed by atoms with E-state index >= 15 is 0 Å². The number of aromatic carboxylic acids is 1. The van der Waals surface area contributed by atoms with Crippen molar-refractivity contribution in [1.29, 1.82) is 0 Å². The van der Waals surface area contributed by atoms with Crippen LogP contribution in [-0.4, -0.2) is 23.7 Å². The van der Waals surface area contributed by atoms with E-state index in [1.165, 1.54) is 0 Å². The van der Waals surface area contributed by atoms with Crippen molar-refractivity contribution in [3.63, 3.8) is 0 Å². The maximum Gasteiger partial charge on any atom is 0.337 e. The zero-order valence-corrected chi connectivity index (χ0v) is 10.7. The number of anilines is 1. The van der Waals surface area contributed by atoms with Crippen LogP contribution in [0.3, 0.4) is 0 Å². The summed E-state index contributed by atoms with van der Waals surface area (Å²) in [4.78, 5) is 13.4. The third-order valence-corrected chi connectivity index (χ3v) is 3.70. The molecule has 1 aliphatic rings. The van der Waals surface area contributed by atoms with Crippen LogP contribution in [0.4, 0.5) is 5.69 Å². The molecule has 4 heteroatoms. The van der Waals surface area contributed by atoms with Crippen molar-refractivity contribution in [2.24, 2.45) is 0 Å². The minimum atomic E-state index is -0.865. The number of hydrogen-bond acceptors (Lipinski definition) is 2. The van der Waals surface area contributed by atoms with E-state index in [4.69, 9.17) is 0 Å². The first kappa shape index (κ1) is 11.5. The van der Waals surface area contributed by atoms with Crippen LogP contribution in [0, 0.1) is 0 Å². The standard InChI is InChI=1S/C12H14BrNO2/c1-8-4-3-7-14(8)11-9(12(15)16)5-2-6-10(11)13/h2,5-6,8H,3-4,7H2,1H3,(H,15,16). The minimum absolute atomic E-state index is 0.378. The Kier molecular flexibility index (Phi) is 3.19. The van der Waals surface area contributed by atoms with Gasteiger partial charge in [-0.15, -0.1) is 0 Å². The van der Waals surface area contributed by atoms with Crippen LogP contribution in [0.15, 0.2) is 22.7 Å². The summed E-state index contributed by atoms with van der Waals surface area (Å²) >= 11 is 3.45. The number of carbonyl (C=O) groups is 1. The number of carboxylic acids is 1. The molecule has 1 fully saturated rings. The van der Waals surface area contributed by atoms with Gasteiger partial charge in [-0.25, -0.2) is 4.79 Å². The van der Waals surface area contributed by atoms with Gasteiger partial charge in [0, 0.05) is 17.1 Å². The van der Waals surface area contributed by atoms with Crippen LogP contribution in [0.5, 0.6) is 0 Å². The molecule has 1 unspecified atom stereocenters. The second-order valence-corrected chi connectivity index (χ2v) is 4.98. The van der Waals surface area contributed by atoms with Gasteiger partial charge in [-0.3, -0.25) is 0 Å². The van der Waals surface area contributed by atoms with Gasteiger partial charge in [-0.1, -0.05) is 6.07 Å². The topological polar surface area (TPSA) is 40.5 Å². The minimum Gasteiger partial charge on any atom is -0.478 e. The summed E-state index contributed by atoms with van der Waals surface area (Å²) in [5, 5.41) is 9.19. The number of carboxylic acid groups (broad SMARTS) is 1. The molecule has 1 aromatic rings. The first-order valence-corrected chi connectivity index (χ1v) is 6.19. The summed E-state index contributed by atoms with van der Waals surface area (Å²) in [6.07, 6.45) is 2.25. The van der Waals surface area contributed by atoms with Crippen molar-refractivity contribution >= 4 is 27.6 Å². The number of benzene rings is 1. The van der Waals surface area contributed by atoms with Crippen molar-refractivity contribution in [3.05, 3.63) is 28.2 Å². The molecule has 1 heterocycles. The summed E-state index contributed by atoms with van der Waals surface area (Å²) in [5.74, 6) is -0.865. The summed E-state index contributed by atoms with van der Waals surface area (Å²) in [7, 11) is 0. The van der Waals surface area contributed by atoms with Gasteiger partial charge >= 0.3 is 5.97 Å². The van der Waals surface area contributed by atoms with E-state index in [1.54, 1.807) is 12.1 Å². The van der Waals surface area contributed by atoms with Crippen molar-refractivity contribution in [1.82, 2.24) is 0 Å². The van der Waals surface area contributed by atoms with Crippen molar-refractivity contribution in [2.45, 2.75) is 25.8 Å².